The van der Waals surface area contributed by atoms with Crippen molar-refractivity contribution < 1.29 is 9.53 Å². The third-order valence-corrected chi connectivity index (χ3v) is 1.38. The number of carbonyl (C=O) groups excluding carboxylic acids is 1. The predicted molar refractivity (Wildman–Crippen MR) is 52.7 cm³/mol. The highest BCUT2D eigenvalue weighted by Gasteiger charge is 1.92. The first-order valence-corrected chi connectivity index (χ1v) is 4.32. The zero-order valence-corrected chi connectivity index (χ0v) is 7.93. The minimum Gasteiger partial charge on any atom is -0.442 e. The van der Waals surface area contributed by atoms with E-state index in [2.05, 4.69) is 25.5 Å². The van der Waals surface area contributed by atoms with E-state index in [-0.39, 0.29) is 0 Å². The Balaban J connectivity index is 3.88. The fourth-order valence-corrected chi connectivity index (χ4v) is 0.691. The summed E-state index contributed by atoms with van der Waals surface area (Å²) in [5.74, 6) is 4.41. The van der Waals surface area contributed by atoms with E-state index in [1.54, 1.807) is 12.0 Å². The van der Waals surface area contributed by atoms with Crippen molar-refractivity contribution in [3.05, 3.63) is 18.2 Å². The van der Waals surface area contributed by atoms with Crippen LogP contribution < -0.4 is 0 Å². The lowest BCUT2D eigenvalue weighted by molar-refractivity contribution is 0.321. The summed E-state index contributed by atoms with van der Waals surface area (Å²) in [7, 11) is 0. The molecule has 0 unspecified atom stereocenters. The Morgan fingerprint density at radius 1 is 1.62 bits per heavy atom. The molecule has 70 valence electrons. The average Bonchev–Trinajstić information content (AvgIpc) is 2.17. The molecule has 0 fully saturated rings. The van der Waals surface area contributed by atoms with Crippen molar-refractivity contribution in [1.29, 1.82) is 0 Å². The lowest BCUT2D eigenvalue weighted by atomic mass is 10.1. The van der Waals surface area contributed by atoms with E-state index in [9.17, 15) is 4.79 Å². The number of hydrogen-bond acceptors (Lipinski definition) is 2. The maximum atomic E-state index is 10.3. The smallest absolute Gasteiger partial charge is 0.137 e. The van der Waals surface area contributed by atoms with Crippen LogP contribution in [0.2, 0.25) is 0 Å². The highest BCUT2D eigenvalue weighted by Crippen LogP contribution is 2.01. The molecule has 0 aliphatic carbocycles. The standard InChI is InChI=1S/C11H14O2/c1-3-5-6-11(10-12)7-9-13-8-4-2/h4H,2-3,5-6,8H2,1H3. The van der Waals surface area contributed by atoms with Gasteiger partial charge in [0, 0.05) is 0 Å². The number of allylic oxidation sites excluding steroid dienone is 1. The van der Waals surface area contributed by atoms with E-state index < -0.39 is 0 Å². The number of hydrogen-bond donors (Lipinski definition) is 0. The van der Waals surface area contributed by atoms with Crippen molar-refractivity contribution in [1.82, 2.24) is 0 Å². The third kappa shape index (κ3) is 6.93. The summed E-state index contributed by atoms with van der Waals surface area (Å²) in [5, 5.41) is 0. The van der Waals surface area contributed by atoms with Crippen LogP contribution in [0.4, 0.5) is 0 Å². The van der Waals surface area contributed by atoms with Gasteiger partial charge in [-0.2, -0.15) is 0 Å². The molecule has 0 rings (SSSR count). The van der Waals surface area contributed by atoms with Gasteiger partial charge in [-0.05, 0) is 18.8 Å². The van der Waals surface area contributed by atoms with E-state index in [4.69, 9.17) is 4.74 Å². The van der Waals surface area contributed by atoms with Gasteiger partial charge in [-0.15, -0.1) is 0 Å². The van der Waals surface area contributed by atoms with Crippen molar-refractivity contribution >= 4 is 5.94 Å². The van der Waals surface area contributed by atoms with Crippen molar-refractivity contribution in [3.63, 3.8) is 0 Å². The molecular weight excluding hydrogens is 164 g/mol. The largest absolute Gasteiger partial charge is 0.442 e. The predicted octanol–water partition coefficient (Wildman–Crippen LogP) is 2.10. The number of rotatable bonds is 5. The van der Waals surface area contributed by atoms with Gasteiger partial charge in [-0.1, -0.05) is 26.0 Å². The number of ether oxygens (including phenoxy) is 1. The molecule has 0 radical (unpaired) electrons. The van der Waals surface area contributed by atoms with Crippen LogP contribution in [0.25, 0.3) is 0 Å². The van der Waals surface area contributed by atoms with Crippen LogP contribution >= 0.6 is 0 Å². The maximum Gasteiger partial charge on any atom is 0.137 e. The fourth-order valence-electron chi connectivity index (χ4n) is 0.691. The van der Waals surface area contributed by atoms with Gasteiger partial charge in [0.05, 0.1) is 5.57 Å². The van der Waals surface area contributed by atoms with Crippen LogP contribution in [0.5, 0.6) is 0 Å². The SMILES string of the molecule is C=CCOC#CC(=C=O)CCCC. The first kappa shape index (κ1) is 11.6. The Bertz CT molecular complexity index is 249. The summed E-state index contributed by atoms with van der Waals surface area (Å²) in [4.78, 5) is 10.3. The molecule has 0 saturated carbocycles. The average molecular weight is 178 g/mol. The molecule has 13 heavy (non-hydrogen) atoms. The molecule has 0 aliphatic rings. The summed E-state index contributed by atoms with van der Waals surface area (Å²) < 4.78 is 4.82. The van der Waals surface area contributed by atoms with Gasteiger partial charge < -0.3 is 4.74 Å². The lowest BCUT2D eigenvalue weighted by Gasteiger charge is -1.91. The van der Waals surface area contributed by atoms with Crippen LogP contribution in [-0.2, 0) is 9.53 Å². The van der Waals surface area contributed by atoms with Crippen molar-refractivity contribution in [2.75, 3.05) is 6.61 Å². The monoisotopic (exact) mass is 178 g/mol. The molecular formula is C11H14O2. The Hall–Kier alpha value is -1.45. The maximum absolute atomic E-state index is 10.3. The fraction of sp³-hybridized carbons (Fsp3) is 0.455. The molecule has 0 atom stereocenters. The second-order valence-electron chi connectivity index (χ2n) is 2.51. The van der Waals surface area contributed by atoms with Gasteiger partial charge in [-0.25, -0.2) is 4.79 Å². The molecule has 0 N–H and O–H groups in total. The molecule has 0 aliphatic heterocycles. The summed E-state index contributed by atoms with van der Waals surface area (Å²) in [6, 6.07) is 0. The van der Waals surface area contributed by atoms with Gasteiger partial charge >= 0.3 is 0 Å². The Labute approximate surface area is 79.3 Å². The first-order valence-electron chi connectivity index (χ1n) is 4.32. The van der Waals surface area contributed by atoms with E-state index in [0.717, 1.165) is 12.8 Å². The third-order valence-electron chi connectivity index (χ3n) is 1.38. The molecule has 0 amide bonds. The summed E-state index contributed by atoms with van der Waals surface area (Å²) in [6.07, 6.45) is 6.71. The van der Waals surface area contributed by atoms with E-state index in [1.807, 2.05) is 0 Å². The molecule has 0 aromatic heterocycles. The topological polar surface area (TPSA) is 26.3 Å². The number of unbranched alkanes of at least 4 members (excludes halogenated alkanes) is 1. The van der Waals surface area contributed by atoms with Gasteiger partial charge in [0.2, 0.25) is 0 Å². The second kappa shape index (κ2) is 8.64. The minimum absolute atomic E-state index is 0.382. The molecule has 0 aromatic carbocycles. The van der Waals surface area contributed by atoms with Gasteiger partial charge in [0.25, 0.3) is 0 Å². The van der Waals surface area contributed by atoms with Crippen LogP contribution in [0, 0.1) is 12.0 Å². The highest BCUT2D eigenvalue weighted by atomic mass is 16.5. The molecule has 2 heteroatoms. The Morgan fingerprint density at radius 2 is 2.38 bits per heavy atom. The first-order chi connectivity index (χ1) is 6.35. The Kier molecular flexibility index (Phi) is 7.68. The molecule has 0 saturated heterocycles. The summed E-state index contributed by atoms with van der Waals surface area (Å²) in [5.41, 5.74) is 0.478. The normalized spacial score (nSPS) is 7.77. The zero-order chi connectivity index (χ0) is 9.94. The molecule has 0 bridgehead atoms. The quantitative estimate of drug-likeness (QED) is 0.279. The van der Waals surface area contributed by atoms with Crippen LogP contribution in [0.1, 0.15) is 26.2 Å². The van der Waals surface area contributed by atoms with Gasteiger partial charge in [0.1, 0.15) is 18.7 Å². The van der Waals surface area contributed by atoms with Crippen LogP contribution in [-0.4, -0.2) is 12.5 Å². The molecule has 0 heterocycles. The van der Waals surface area contributed by atoms with E-state index in [0.29, 0.717) is 18.6 Å². The van der Waals surface area contributed by atoms with E-state index in [1.165, 1.54) is 0 Å². The molecule has 2 nitrogen and oxygen atoms in total. The van der Waals surface area contributed by atoms with Crippen LogP contribution in [0.15, 0.2) is 18.2 Å². The Morgan fingerprint density at radius 3 is 2.92 bits per heavy atom. The zero-order valence-electron chi connectivity index (χ0n) is 7.93. The minimum atomic E-state index is 0.382. The van der Waals surface area contributed by atoms with Crippen LogP contribution in [0.3, 0.4) is 0 Å². The molecule has 0 spiro atoms. The van der Waals surface area contributed by atoms with E-state index >= 15 is 0 Å². The molecule has 0 aromatic rings. The van der Waals surface area contributed by atoms with Crippen molar-refractivity contribution in [2.45, 2.75) is 26.2 Å². The summed E-state index contributed by atoms with van der Waals surface area (Å²) >= 11 is 0. The lowest BCUT2D eigenvalue weighted by Crippen LogP contribution is -1.83. The van der Waals surface area contributed by atoms with Gasteiger partial charge in [0.15, 0.2) is 0 Å². The van der Waals surface area contributed by atoms with Crippen molar-refractivity contribution in [3.8, 4) is 12.0 Å². The van der Waals surface area contributed by atoms with Crippen molar-refractivity contribution in [2.24, 2.45) is 0 Å². The highest BCUT2D eigenvalue weighted by molar-refractivity contribution is 5.59. The van der Waals surface area contributed by atoms with Gasteiger partial charge in [-0.3, -0.25) is 0 Å². The summed E-state index contributed by atoms with van der Waals surface area (Å²) in [6.45, 7) is 5.91. The second-order valence-corrected chi connectivity index (χ2v) is 2.51.